The number of nitrogens with two attached hydrogens (primary N) is 1. The Kier molecular flexibility index (Phi) is 8.58. The highest BCUT2D eigenvalue weighted by molar-refractivity contribution is 5.97. The minimum atomic E-state index is -1.84. The molecule has 4 aromatic rings. The first kappa shape index (κ1) is 29.2. The van der Waals surface area contributed by atoms with Crippen LogP contribution in [0.3, 0.4) is 0 Å². The van der Waals surface area contributed by atoms with E-state index in [0.29, 0.717) is 25.2 Å². The molecule has 2 aromatic carbocycles. The average Bonchev–Trinajstić information content (AvgIpc) is 3.44. The van der Waals surface area contributed by atoms with Crippen LogP contribution in [0.25, 0.3) is 22.2 Å². The Morgan fingerprint density at radius 3 is 2.64 bits per heavy atom. The average molecular weight is 575 g/mol. The number of nitrogens with zero attached hydrogens (tertiary/aromatic N) is 4. The number of nitrogen functional groups attached to an aromatic ring is 1. The summed E-state index contributed by atoms with van der Waals surface area (Å²) in [4.78, 5) is 8.37. The second-order valence-electron chi connectivity index (χ2n) is 10.4. The van der Waals surface area contributed by atoms with Crippen molar-refractivity contribution in [3.8, 4) is 22.9 Å². The number of nitrogens with one attached hydrogen (secondary N) is 1. The number of benzene rings is 2. The van der Waals surface area contributed by atoms with Gasteiger partial charge in [0, 0.05) is 18.7 Å². The molecule has 0 saturated carbocycles. The molecule has 7 N–H and O–H groups in total. The number of ether oxygens (including phenoxy) is 2. The number of anilines is 2. The number of hydrogen-bond acceptors (Lipinski definition) is 11. The maximum absolute atomic E-state index is 11.3. The smallest absolute Gasteiger partial charge is 0.168 e. The molecule has 1 aliphatic rings. The van der Waals surface area contributed by atoms with Crippen molar-refractivity contribution in [2.24, 2.45) is 0 Å². The van der Waals surface area contributed by atoms with Gasteiger partial charge in [-0.2, -0.15) is 5.26 Å². The van der Waals surface area contributed by atoms with Crippen LogP contribution < -0.4 is 15.8 Å². The van der Waals surface area contributed by atoms with E-state index in [4.69, 9.17) is 20.3 Å². The number of aromatic nitrogens is 3. The monoisotopic (exact) mass is 574 g/mol. The van der Waals surface area contributed by atoms with E-state index in [1.165, 1.54) is 17.8 Å². The van der Waals surface area contributed by atoms with Crippen LogP contribution in [0.1, 0.15) is 37.1 Å². The van der Waals surface area contributed by atoms with E-state index in [-0.39, 0.29) is 41.4 Å². The highest BCUT2D eigenvalue weighted by atomic mass is 16.6. The second kappa shape index (κ2) is 12.3. The van der Waals surface area contributed by atoms with Gasteiger partial charge in [-0.1, -0.05) is 42.5 Å². The van der Waals surface area contributed by atoms with Crippen LogP contribution >= 0.6 is 0 Å². The standard InChI is InChI=1S/C30H34N6O6/c1-30(40)25(39)23(16-38)42-29(30)36-27(21(14-31)24-26(32)34-17-35-28(24)36)33-15-18-9-10-20(19-7-3-2-4-8-19)22(13-18)41-12-6-5-11-37/h2-4,7-10,13,17,23,25,29,33,37-40H,5-6,11-12,15-16H2,1H3,(H2,32,34,35). The van der Waals surface area contributed by atoms with Crippen molar-refractivity contribution >= 4 is 22.7 Å². The van der Waals surface area contributed by atoms with Crippen molar-refractivity contribution in [3.05, 3.63) is 66.0 Å². The molecule has 1 aliphatic heterocycles. The third-order valence-electron chi connectivity index (χ3n) is 7.49. The number of rotatable bonds is 11. The third-order valence-corrected chi connectivity index (χ3v) is 7.49. The topological polar surface area (TPSA) is 192 Å². The molecule has 0 bridgehead atoms. The van der Waals surface area contributed by atoms with E-state index in [2.05, 4.69) is 21.4 Å². The van der Waals surface area contributed by atoms with Gasteiger partial charge in [0.2, 0.25) is 0 Å². The largest absolute Gasteiger partial charge is 0.493 e. The molecule has 0 amide bonds. The Labute approximate surface area is 242 Å². The number of nitriles is 1. The van der Waals surface area contributed by atoms with Crippen molar-refractivity contribution in [1.29, 1.82) is 5.26 Å². The fourth-order valence-corrected chi connectivity index (χ4v) is 5.27. The molecule has 12 heteroatoms. The Morgan fingerprint density at radius 1 is 1.17 bits per heavy atom. The summed E-state index contributed by atoms with van der Waals surface area (Å²) >= 11 is 0. The summed E-state index contributed by atoms with van der Waals surface area (Å²) in [6.45, 7) is 1.64. The van der Waals surface area contributed by atoms with Crippen LogP contribution in [-0.4, -0.2) is 72.6 Å². The van der Waals surface area contributed by atoms with Gasteiger partial charge in [0.15, 0.2) is 11.9 Å². The number of aliphatic hydroxyl groups is 4. The van der Waals surface area contributed by atoms with Gasteiger partial charge >= 0.3 is 0 Å². The maximum atomic E-state index is 11.3. The van der Waals surface area contributed by atoms with Crippen molar-refractivity contribution in [2.75, 3.05) is 30.9 Å². The lowest BCUT2D eigenvalue weighted by Crippen LogP contribution is -2.44. The summed E-state index contributed by atoms with van der Waals surface area (Å²) in [5.41, 5.74) is 7.43. The van der Waals surface area contributed by atoms with Crippen LogP contribution in [0.2, 0.25) is 0 Å². The molecule has 0 spiro atoms. The first-order valence-electron chi connectivity index (χ1n) is 13.7. The van der Waals surface area contributed by atoms with E-state index >= 15 is 0 Å². The van der Waals surface area contributed by atoms with E-state index < -0.39 is 30.6 Å². The van der Waals surface area contributed by atoms with Crippen molar-refractivity contribution in [1.82, 2.24) is 14.5 Å². The molecule has 12 nitrogen and oxygen atoms in total. The quantitative estimate of drug-likeness (QED) is 0.144. The maximum Gasteiger partial charge on any atom is 0.168 e. The van der Waals surface area contributed by atoms with E-state index in [1.807, 2.05) is 48.5 Å². The molecule has 4 unspecified atom stereocenters. The first-order chi connectivity index (χ1) is 20.3. The number of hydrogen-bond donors (Lipinski definition) is 6. The third kappa shape index (κ3) is 5.36. The van der Waals surface area contributed by atoms with Gasteiger partial charge in [-0.05, 0) is 37.0 Å². The predicted molar refractivity (Wildman–Crippen MR) is 155 cm³/mol. The number of fused-ring (bicyclic) bond motifs is 1. The second-order valence-corrected chi connectivity index (χ2v) is 10.4. The van der Waals surface area contributed by atoms with Gasteiger partial charge in [0.1, 0.15) is 53.2 Å². The van der Waals surface area contributed by atoms with Gasteiger partial charge in [0.25, 0.3) is 0 Å². The lowest BCUT2D eigenvalue weighted by Gasteiger charge is -2.29. The van der Waals surface area contributed by atoms with Crippen LogP contribution in [0.15, 0.2) is 54.9 Å². The fourth-order valence-electron chi connectivity index (χ4n) is 5.27. The zero-order chi connectivity index (χ0) is 29.9. The lowest BCUT2D eigenvalue weighted by atomic mass is 9.96. The molecule has 0 radical (unpaired) electrons. The van der Waals surface area contributed by atoms with Gasteiger partial charge in [0.05, 0.1) is 18.6 Å². The SMILES string of the molecule is CC1(O)C(O)C(CO)OC1n1c(NCc2ccc(-c3ccccc3)c(OCCCCO)c2)c(C#N)c2c(N)ncnc21. The molecule has 4 atom stereocenters. The molecule has 1 saturated heterocycles. The predicted octanol–water partition coefficient (Wildman–Crippen LogP) is 2.32. The van der Waals surface area contributed by atoms with Gasteiger partial charge in [-0.3, -0.25) is 4.57 Å². The summed E-state index contributed by atoms with van der Waals surface area (Å²) in [6, 6.07) is 17.8. The normalized spacial score (nSPS) is 21.9. The van der Waals surface area contributed by atoms with E-state index in [1.54, 1.807) is 0 Å². The Balaban J connectivity index is 1.54. The van der Waals surface area contributed by atoms with E-state index in [0.717, 1.165) is 16.7 Å². The number of aliphatic hydroxyl groups excluding tert-OH is 3. The molecular weight excluding hydrogens is 540 g/mol. The summed E-state index contributed by atoms with van der Waals surface area (Å²) in [7, 11) is 0. The highest BCUT2D eigenvalue weighted by Gasteiger charge is 2.54. The van der Waals surface area contributed by atoms with Gasteiger partial charge in [-0.15, -0.1) is 0 Å². The summed E-state index contributed by atoms with van der Waals surface area (Å²) in [6.07, 6.45) is -1.10. The Morgan fingerprint density at radius 2 is 1.95 bits per heavy atom. The van der Waals surface area contributed by atoms with Crippen LogP contribution in [-0.2, 0) is 11.3 Å². The first-order valence-corrected chi connectivity index (χ1v) is 13.7. The van der Waals surface area contributed by atoms with Crippen molar-refractivity contribution < 1.29 is 29.9 Å². The van der Waals surface area contributed by atoms with Crippen LogP contribution in [0.4, 0.5) is 11.6 Å². The lowest BCUT2D eigenvalue weighted by molar-refractivity contribution is -0.0939. The molecule has 3 heterocycles. The van der Waals surface area contributed by atoms with Crippen LogP contribution in [0.5, 0.6) is 5.75 Å². The Bertz CT molecular complexity index is 1580. The molecule has 42 heavy (non-hydrogen) atoms. The number of unbranched alkanes of at least 4 members (excludes halogenated alkanes) is 1. The summed E-state index contributed by atoms with van der Waals surface area (Å²) in [5.74, 6) is 1.000. The zero-order valence-electron chi connectivity index (χ0n) is 23.1. The Hall–Kier alpha value is -4.25. The summed E-state index contributed by atoms with van der Waals surface area (Å²) < 4.78 is 13.5. The van der Waals surface area contributed by atoms with Crippen LogP contribution in [0, 0.1) is 11.3 Å². The van der Waals surface area contributed by atoms with Crippen molar-refractivity contribution in [2.45, 2.75) is 50.3 Å². The zero-order valence-corrected chi connectivity index (χ0v) is 23.1. The molecule has 220 valence electrons. The fraction of sp³-hybridized carbons (Fsp3) is 0.367. The van der Waals surface area contributed by atoms with Gasteiger partial charge < -0.3 is 41.0 Å². The summed E-state index contributed by atoms with van der Waals surface area (Å²) in [5, 5.41) is 54.6. The van der Waals surface area contributed by atoms with Gasteiger partial charge in [-0.25, -0.2) is 9.97 Å². The minimum Gasteiger partial charge on any atom is -0.493 e. The van der Waals surface area contributed by atoms with E-state index in [9.17, 15) is 20.6 Å². The molecule has 5 rings (SSSR count). The molecular formula is C30H34N6O6. The highest BCUT2D eigenvalue weighted by Crippen LogP contribution is 2.44. The van der Waals surface area contributed by atoms with Crippen molar-refractivity contribution in [3.63, 3.8) is 0 Å². The molecule has 1 fully saturated rings. The minimum absolute atomic E-state index is 0.0704. The molecule has 0 aliphatic carbocycles. The molecule has 2 aromatic heterocycles.